The summed E-state index contributed by atoms with van der Waals surface area (Å²) in [5.41, 5.74) is 0.226. The Morgan fingerprint density at radius 2 is 1.79 bits per heavy atom. The summed E-state index contributed by atoms with van der Waals surface area (Å²) in [6, 6.07) is 6.15. The average Bonchev–Trinajstić information content (AvgIpc) is 2.56. The van der Waals surface area contributed by atoms with E-state index < -0.39 is 21.7 Å². The number of ether oxygens (including phenoxy) is 1. The van der Waals surface area contributed by atoms with Crippen LogP contribution in [0.15, 0.2) is 29.2 Å². The smallest absolute Gasteiger partial charge is 0.408 e. The Labute approximate surface area is 165 Å². The fraction of sp³-hybridized carbons (Fsp3) is 0.500. The van der Waals surface area contributed by atoms with E-state index in [1.54, 1.807) is 32.9 Å². The molecule has 0 aromatic heterocycles. The van der Waals surface area contributed by atoms with E-state index in [-0.39, 0.29) is 29.5 Å². The molecule has 2 N–H and O–H groups in total. The molecule has 1 aromatic rings. The lowest BCUT2D eigenvalue weighted by Crippen LogP contribution is -2.32. The molecule has 154 valence electrons. The lowest BCUT2D eigenvalue weighted by atomic mass is 10.1. The predicted octanol–water partition coefficient (Wildman–Crippen LogP) is 1.70. The molecule has 1 aromatic carbocycles. The van der Waals surface area contributed by atoms with Gasteiger partial charge in [0, 0.05) is 11.3 Å². The normalized spacial score (nSPS) is 11.2. The van der Waals surface area contributed by atoms with Crippen molar-refractivity contribution < 1.29 is 22.9 Å². The van der Waals surface area contributed by atoms with E-state index in [1.807, 2.05) is 0 Å². The van der Waals surface area contributed by atoms with Crippen molar-refractivity contribution in [1.82, 2.24) is 10.0 Å². The molecule has 10 heteroatoms. The second-order valence-corrected chi connectivity index (χ2v) is 8.60. The molecule has 0 heterocycles. The molecule has 0 spiro atoms. The number of hydrogen-bond acceptors (Lipinski definition) is 6. The third-order valence-electron chi connectivity index (χ3n) is 3.24. The highest BCUT2D eigenvalue weighted by Crippen LogP contribution is 2.11. The fourth-order valence-corrected chi connectivity index (χ4v) is 2.94. The van der Waals surface area contributed by atoms with E-state index in [0.29, 0.717) is 12.8 Å². The first-order chi connectivity index (χ1) is 13.0. The summed E-state index contributed by atoms with van der Waals surface area (Å²) >= 11 is 0. The minimum atomic E-state index is -3.71. The topological polar surface area (TPSA) is 128 Å². The predicted molar refractivity (Wildman–Crippen MR) is 104 cm³/mol. The van der Waals surface area contributed by atoms with Crippen molar-refractivity contribution in [3.63, 3.8) is 0 Å². The first-order valence-corrected chi connectivity index (χ1v) is 10.1. The van der Waals surface area contributed by atoms with Gasteiger partial charge in [0.25, 0.3) is 0 Å². The standard InChI is InChI=1S/C18H25N3O6S/c1-18(2,3)27-17(22)19-12-4-5-13-20-28(25,26)16-10-8-15(9-11-16)7-6-14-21(23)24/h8-11,20H,6-7,12-14H2,1-3H3,(H,19,22). The molecule has 1 amide bonds. The van der Waals surface area contributed by atoms with Gasteiger partial charge in [-0.05, 0) is 44.9 Å². The largest absolute Gasteiger partial charge is 0.444 e. The van der Waals surface area contributed by atoms with E-state index in [1.165, 1.54) is 12.1 Å². The average molecular weight is 411 g/mol. The van der Waals surface area contributed by atoms with E-state index in [0.717, 1.165) is 5.56 Å². The molecule has 0 bridgehead atoms. The molecule has 1 rings (SSSR count). The van der Waals surface area contributed by atoms with Crippen LogP contribution in [0.4, 0.5) is 4.79 Å². The van der Waals surface area contributed by atoms with Gasteiger partial charge in [0.2, 0.25) is 16.6 Å². The third kappa shape index (κ3) is 9.89. The highest BCUT2D eigenvalue weighted by atomic mass is 32.2. The molecular weight excluding hydrogens is 386 g/mol. The molecule has 0 fully saturated rings. The number of rotatable bonds is 8. The van der Waals surface area contributed by atoms with Crippen LogP contribution >= 0.6 is 0 Å². The second-order valence-electron chi connectivity index (χ2n) is 6.84. The first kappa shape index (κ1) is 23.4. The van der Waals surface area contributed by atoms with Crippen molar-refractivity contribution in [2.24, 2.45) is 0 Å². The zero-order valence-corrected chi connectivity index (χ0v) is 17.0. The molecular formula is C18H25N3O6S. The van der Waals surface area contributed by atoms with Gasteiger partial charge in [-0.25, -0.2) is 13.2 Å². The minimum absolute atomic E-state index is 0.0372. The van der Waals surface area contributed by atoms with Gasteiger partial charge in [0.15, 0.2) is 0 Å². The number of sulfonamides is 1. The molecule has 0 saturated heterocycles. The SMILES string of the molecule is CC(C)(C)OC(=O)NCC#CCNS(=O)(=O)c1ccc(CCC[N+](=O)[O-])cc1. The number of nitrogens with one attached hydrogen (secondary N) is 2. The summed E-state index contributed by atoms with van der Waals surface area (Å²) in [7, 11) is -3.71. The number of nitro groups is 1. The summed E-state index contributed by atoms with van der Waals surface area (Å²) in [4.78, 5) is 21.4. The third-order valence-corrected chi connectivity index (χ3v) is 4.65. The number of amides is 1. The molecule has 0 unspecified atom stereocenters. The van der Waals surface area contributed by atoms with Crippen LogP contribution in [0.3, 0.4) is 0 Å². The Bertz CT molecular complexity index is 833. The summed E-state index contributed by atoms with van der Waals surface area (Å²) in [6.45, 7) is 5.03. The van der Waals surface area contributed by atoms with Gasteiger partial charge >= 0.3 is 6.09 Å². The maximum Gasteiger partial charge on any atom is 0.408 e. The highest BCUT2D eigenvalue weighted by Gasteiger charge is 2.15. The Kier molecular flexibility index (Phi) is 8.88. The molecule has 0 aliphatic rings. The minimum Gasteiger partial charge on any atom is -0.444 e. The van der Waals surface area contributed by atoms with Crippen molar-refractivity contribution in [2.75, 3.05) is 19.6 Å². The van der Waals surface area contributed by atoms with Crippen LogP contribution in [0.1, 0.15) is 32.8 Å². The zero-order chi connectivity index (χ0) is 21.2. The van der Waals surface area contributed by atoms with Gasteiger partial charge in [-0.1, -0.05) is 24.0 Å². The molecule has 0 aliphatic carbocycles. The molecule has 0 radical (unpaired) electrons. The van der Waals surface area contributed by atoms with Crippen LogP contribution in [0.5, 0.6) is 0 Å². The van der Waals surface area contributed by atoms with Gasteiger partial charge < -0.3 is 10.1 Å². The van der Waals surface area contributed by atoms with Crippen molar-refractivity contribution in [1.29, 1.82) is 0 Å². The van der Waals surface area contributed by atoms with Crippen LogP contribution in [0, 0.1) is 22.0 Å². The number of carbonyl (C=O) groups excluding carboxylic acids is 1. The van der Waals surface area contributed by atoms with Crippen LogP contribution in [0.25, 0.3) is 0 Å². The van der Waals surface area contributed by atoms with Gasteiger partial charge in [0.1, 0.15) is 5.60 Å². The van der Waals surface area contributed by atoms with Crippen molar-refractivity contribution >= 4 is 16.1 Å². The van der Waals surface area contributed by atoms with Gasteiger partial charge in [-0.3, -0.25) is 10.1 Å². The number of alkyl carbamates (subject to hydrolysis) is 1. The lowest BCUT2D eigenvalue weighted by molar-refractivity contribution is -0.480. The molecule has 0 aliphatic heterocycles. The quantitative estimate of drug-likeness (QED) is 0.381. The van der Waals surface area contributed by atoms with Crippen molar-refractivity contribution in [2.45, 2.75) is 44.1 Å². The summed E-state index contributed by atoms with van der Waals surface area (Å²) in [5, 5.41) is 12.8. The van der Waals surface area contributed by atoms with Gasteiger partial charge in [-0.15, -0.1) is 0 Å². The molecule has 0 atom stereocenters. The van der Waals surface area contributed by atoms with Crippen molar-refractivity contribution in [3.8, 4) is 11.8 Å². The monoisotopic (exact) mass is 411 g/mol. The highest BCUT2D eigenvalue weighted by molar-refractivity contribution is 7.89. The summed E-state index contributed by atoms with van der Waals surface area (Å²) in [5.74, 6) is 5.23. The molecule has 28 heavy (non-hydrogen) atoms. The van der Waals surface area contributed by atoms with E-state index in [9.17, 15) is 23.3 Å². The van der Waals surface area contributed by atoms with E-state index in [4.69, 9.17) is 4.74 Å². The molecule has 9 nitrogen and oxygen atoms in total. The maximum atomic E-state index is 12.2. The van der Waals surface area contributed by atoms with Crippen LogP contribution < -0.4 is 10.0 Å². The zero-order valence-electron chi connectivity index (χ0n) is 16.1. The number of benzene rings is 1. The molecule has 0 saturated carbocycles. The number of carbonyl (C=O) groups is 1. The van der Waals surface area contributed by atoms with Crippen LogP contribution in [-0.2, 0) is 21.2 Å². The maximum absolute atomic E-state index is 12.2. The Balaban J connectivity index is 2.44. The summed E-state index contributed by atoms with van der Waals surface area (Å²) in [6.07, 6.45) is 0.301. The van der Waals surface area contributed by atoms with E-state index >= 15 is 0 Å². The summed E-state index contributed by atoms with van der Waals surface area (Å²) < 4.78 is 31.8. The second kappa shape index (κ2) is 10.6. The van der Waals surface area contributed by atoms with Gasteiger partial charge in [-0.2, -0.15) is 4.72 Å². The number of nitrogens with zero attached hydrogens (tertiary/aromatic N) is 1. The Morgan fingerprint density at radius 1 is 1.18 bits per heavy atom. The fourth-order valence-electron chi connectivity index (χ4n) is 2.02. The number of hydrogen-bond donors (Lipinski definition) is 2. The lowest BCUT2D eigenvalue weighted by Gasteiger charge is -2.19. The van der Waals surface area contributed by atoms with E-state index in [2.05, 4.69) is 21.9 Å². The van der Waals surface area contributed by atoms with Crippen LogP contribution in [-0.4, -0.2) is 44.7 Å². The van der Waals surface area contributed by atoms with Crippen molar-refractivity contribution in [3.05, 3.63) is 39.9 Å². The number of aryl methyl sites for hydroxylation is 1. The Hall–Kier alpha value is -2.64. The Morgan fingerprint density at radius 3 is 2.36 bits per heavy atom. The first-order valence-electron chi connectivity index (χ1n) is 8.62. The van der Waals surface area contributed by atoms with Gasteiger partial charge in [0.05, 0.1) is 18.0 Å². The van der Waals surface area contributed by atoms with Crippen LogP contribution in [0.2, 0.25) is 0 Å².